The van der Waals surface area contributed by atoms with Gasteiger partial charge in [0.2, 0.25) is 0 Å². The predicted octanol–water partition coefficient (Wildman–Crippen LogP) is 1.21. The average molecular weight is 245 g/mol. The van der Waals surface area contributed by atoms with E-state index in [-0.39, 0.29) is 17.5 Å². The van der Waals surface area contributed by atoms with Crippen molar-refractivity contribution in [1.82, 2.24) is 4.90 Å². The van der Waals surface area contributed by atoms with Gasteiger partial charge in [0, 0.05) is 18.6 Å². The third kappa shape index (κ3) is 6.94. The van der Waals surface area contributed by atoms with E-state index < -0.39 is 0 Å². The first kappa shape index (κ1) is 15.9. The Hall–Kier alpha value is -1.10. The van der Waals surface area contributed by atoms with Crippen LogP contribution in [-0.4, -0.2) is 49.7 Å². The molecule has 5 nitrogen and oxygen atoms in total. The van der Waals surface area contributed by atoms with Crippen LogP contribution in [0.15, 0.2) is 0 Å². The van der Waals surface area contributed by atoms with Crippen molar-refractivity contribution in [3.63, 3.8) is 0 Å². The van der Waals surface area contributed by atoms with Gasteiger partial charge in [0.15, 0.2) is 0 Å². The van der Waals surface area contributed by atoms with Crippen molar-refractivity contribution in [3.8, 4) is 0 Å². The third-order valence-corrected chi connectivity index (χ3v) is 2.58. The number of rotatable bonds is 6. The molecule has 0 aromatic rings. The Balaban J connectivity index is 4.25. The van der Waals surface area contributed by atoms with Gasteiger partial charge in [-0.1, -0.05) is 0 Å². The zero-order chi connectivity index (χ0) is 13.5. The molecule has 0 atom stereocenters. The lowest BCUT2D eigenvalue weighted by atomic mass is 10.1. The molecule has 0 amide bonds. The minimum atomic E-state index is -0.239. The van der Waals surface area contributed by atoms with Gasteiger partial charge >= 0.3 is 11.9 Å². The molecule has 0 heterocycles. The first-order chi connectivity index (χ1) is 7.81. The summed E-state index contributed by atoms with van der Waals surface area (Å²) in [5.41, 5.74) is -0.0952. The molecule has 5 heteroatoms. The summed E-state index contributed by atoms with van der Waals surface area (Å²) in [5.74, 6) is -0.477. The Bertz CT molecular complexity index is 238. The first-order valence-electron chi connectivity index (χ1n) is 5.70. The molecule has 0 bridgehead atoms. The molecule has 0 saturated heterocycles. The van der Waals surface area contributed by atoms with Crippen molar-refractivity contribution in [2.45, 2.75) is 39.2 Å². The summed E-state index contributed by atoms with van der Waals surface area (Å²) in [4.78, 5) is 24.3. The number of hydrogen-bond donors (Lipinski definition) is 0. The molecule has 0 aliphatic carbocycles. The second-order valence-electron chi connectivity index (χ2n) is 4.81. The third-order valence-electron chi connectivity index (χ3n) is 2.58. The molecule has 0 saturated carbocycles. The van der Waals surface area contributed by atoms with E-state index in [1.807, 2.05) is 20.8 Å². The Kier molecular flexibility index (Phi) is 6.80. The van der Waals surface area contributed by atoms with E-state index >= 15 is 0 Å². The zero-order valence-corrected chi connectivity index (χ0v) is 11.4. The van der Waals surface area contributed by atoms with E-state index in [2.05, 4.69) is 14.4 Å². The lowest BCUT2D eigenvalue weighted by Crippen LogP contribution is -2.43. The maximum Gasteiger partial charge on any atom is 0.306 e. The molecule has 0 unspecified atom stereocenters. The van der Waals surface area contributed by atoms with Crippen LogP contribution in [0.1, 0.15) is 33.6 Å². The van der Waals surface area contributed by atoms with Crippen LogP contribution in [0.5, 0.6) is 0 Å². The molecule has 0 spiro atoms. The van der Waals surface area contributed by atoms with Gasteiger partial charge in [-0.05, 0) is 20.8 Å². The quantitative estimate of drug-likeness (QED) is 0.658. The van der Waals surface area contributed by atoms with Gasteiger partial charge < -0.3 is 9.47 Å². The largest absolute Gasteiger partial charge is 0.469 e. The summed E-state index contributed by atoms with van der Waals surface area (Å²) in [6, 6.07) is 0. The van der Waals surface area contributed by atoms with Crippen LogP contribution >= 0.6 is 0 Å². The van der Waals surface area contributed by atoms with Crippen LogP contribution in [0.4, 0.5) is 0 Å². The van der Waals surface area contributed by atoms with Crippen molar-refractivity contribution in [3.05, 3.63) is 0 Å². The average Bonchev–Trinajstić information content (AvgIpc) is 2.26. The molecule has 100 valence electrons. The SMILES string of the molecule is COC(=O)CCN(CCC(=O)OC)C(C)(C)C. The Labute approximate surface area is 103 Å². The van der Waals surface area contributed by atoms with Crippen molar-refractivity contribution < 1.29 is 19.1 Å². The number of esters is 2. The minimum Gasteiger partial charge on any atom is -0.469 e. The summed E-state index contributed by atoms with van der Waals surface area (Å²) in [7, 11) is 2.75. The van der Waals surface area contributed by atoms with Crippen LogP contribution in [0, 0.1) is 0 Å². The van der Waals surface area contributed by atoms with Gasteiger partial charge in [-0.25, -0.2) is 0 Å². The summed E-state index contributed by atoms with van der Waals surface area (Å²) >= 11 is 0. The highest BCUT2D eigenvalue weighted by atomic mass is 16.5. The van der Waals surface area contributed by atoms with Crippen LogP contribution < -0.4 is 0 Å². The summed E-state index contributed by atoms with van der Waals surface area (Å²) in [6.45, 7) is 7.28. The van der Waals surface area contributed by atoms with Gasteiger partial charge in [0.05, 0.1) is 27.1 Å². The highest BCUT2D eigenvalue weighted by Crippen LogP contribution is 2.14. The molecule has 0 N–H and O–H groups in total. The second kappa shape index (κ2) is 7.27. The van der Waals surface area contributed by atoms with Gasteiger partial charge in [-0.15, -0.1) is 0 Å². The van der Waals surface area contributed by atoms with Gasteiger partial charge in [-0.3, -0.25) is 14.5 Å². The first-order valence-corrected chi connectivity index (χ1v) is 5.70. The highest BCUT2D eigenvalue weighted by molar-refractivity contribution is 5.70. The van der Waals surface area contributed by atoms with E-state index in [4.69, 9.17) is 0 Å². The normalized spacial score (nSPS) is 11.4. The molecule has 0 aliphatic rings. The number of carbonyl (C=O) groups is 2. The van der Waals surface area contributed by atoms with Crippen molar-refractivity contribution >= 4 is 11.9 Å². The Morgan fingerprint density at radius 1 is 0.941 bits per heavy atom. The number of hydrogen-bond acceptors (Lipinski definition) is 5. The Morgan fingerprint density at radius 2 is 1.29 bits per heavy atom. The van der Waals surface area contributed by atoms with E-state index in [9.17, 15) is 9.59 Å². The lowest BCUT2D eigenvalue weighted by molar-refractivity contribution is -0.141. The minimum absolute atomic E-state index is 0.0952. The lowest BCUT2D eigenvalue weighted by Gasteiger charge is -2.35. The summed E-state index contributed by atoms with van der Waals surface area (Å²) in [6.07, 6.45) is 0.657. The van der Waals surface area contributed by atoms with Crippen molar-refractivity contribution in [1.29, 1.82) is 0 Å². The molecule has 0 aliphatic heterocycles. The highest BCUT2D eigenvalue weighted by Gasteiger charge is 2.22. The molecule has 17 heavy (non-hydrogen) atoms. The van der Waals surface area contributed by atoms with Gasteiger partial charge in [-0.2, -0.15) is 0 Å². The Morgan fingerprint density at radius 3 is 1.53 bits per heavy atom. The molecule has 0 fully saturated rings. The molecule has 0 aromatic heterocycles. The number of ether oxygens (including phenoxy) is 2. The topological polar surface area (TPSA) is 55.8 Å². The second-order valence-corrected chi connectivity index (χ2v) is 4.81. The van der Waals surface area contributed by atoms with Crippen LogP contribution in [-0.2, 0) is 19.1 Å². The maximum absolute atomic E-state index is 11.1. The number of methoxy groups -OCH3 is 2. The molecular weight excluding hydrogens is 222 g/mol. The van der Waals surface area contributed by atoms with E-state index in [1.54, 1.807) is 0 Å². The standard InChI is InChI=1S/C12H23NO4/c1-12(2,3)13(8-6-10(14)16-4)9-7-11(15)17-5/h6-9H2,1-5H3. The fourth-order valence-corrected chi connectivity index (χ4v) is 1.44. The maximum atomic E-state index is 11.1. The smallest absolute Gasteiger partial charge is 0.306 e. The molecule has 0 aromatic carbocycles. The van der Waals surface area contributed by atoms with E-state index in [1.165, 1.54) is 14.2 Å². The monoisotopic (exact) mass is 245 g/mol. The summed E-state index contributed by atoms with van der Waals surface area (Å²) in [5, 5.41) is 0. The molecular formula is C12H23NO4. The van der Waals surface area contributed by atoms with Gasteiger partial charge in [0.1, 0.15) is 0 Å². The zero-order valence-electron chi connectivity index (χ0n) is 11.4. The molecule has 0 rings (SSSR count). The van der Waals surface area contributed by atoms with Crippen LogP contribution in [0.25, 0.3) is 0 Å². The van der Waals surface area contributed by atoms with Crippen LogP contribution in [0.3, 0.4) is 0 Å². The van der Waals surface area contributed by atoms with Gasteiger partial charge in [0.25, 0.3) is 0 Å². The summed E-state index contributed by atoms with van der Waals surface area (Å²) < 4.78 is 9.21. The number of nitrogens with zero attached hydrogens (tertiary/aromatic N) is 1. The fraction of sp³-hybridized carbons (Fsp3) is 0.833. The predicted molar refractivity (Wildman–Crippen MR) is 64.6 cm³/mol. The van der Waals surface area contributed by atoms with Crippen molar-refractivity contribution in [2.24, 2.45) is 0 Å². The molecule has 0 radical (unpaired) electrons. The fourth-order valence-electron chi connectivity index (χ4n) is 1.44. The van der Waals surface area contributed by atoms with E-state index in [0.717, 1.165) is 0 Å². The van der Waals surface area contributed by atoms with Crippen molar-refractivity contribution in [2.75, 3.05) is 27.3 Å². The number of carbonyl (C=O) groups excluding carboxylic acids is 2. The van der Waals surface area contributed by atoms with Crippen LogP contribution in [0.2, 0.25) is 0 Å². The van der Waals surface area contributed by atoms with E-state index in [0.29, 0.717) is 25.9 Å².